The lowest BCUT2D eigenvalue weighted by molar-refractivity contribution is -0.158. The van der Waals surface area contributed by atoms with Crippen molar-refractivity contribution in [2.75, 3.05) is 6.61 Å². The number of nitrogens with one attached hydrogen (secondary N) is 1. The van der Waals surface area contributed by atoms with Crippen molar-refractivity contribution in [3.05, 3.63) is 29.3 Å². The van der Waals surface area contributed by atoms with E-state index in [1.165, 1.54) is 0 Å². The molecule has 6 heteroatoms. The van der Waals surface area contributed by atoms with Gasteiger partial charge in [0.25, 0.3) is 5.91 Å². The van der Waals surface area contributed by atoms with E-state index in [4.69, 9.17) is 9.47 Å². The first-order chi connectivity index (χ1) is 11.6. The maximum Gasteiger partial charge on any atom is 0.312 e. The van der Waals surface area contributed by atoms with E-state index in [1.54, 1.807) is 0 Å². The maximum absolute atomic E-state index is 12.5. The van der Waals surface area contributed by atoms with Gasteiger partial charge in [0, 0.05) is 24.9 Å². The average molecular weight is 347 g/mol. The van der Waals surface area contributed by atoms with Gasteiger partial charge in [0.2, 0.25) is 0 Å². The molecule has 2 saturated heterocycles. The van der Waals surface area contributed by atoms with Crippen molar-refractivity contribution in [1.29, 1.82) is 0 Å². The van der Waals surface area contributed by atoms with Gasteiger partial charge in [0.05, 0.1) is 12.0 Å². The van der Waals surface area contributed by atoms with Crippen molar-refractivity contribution in [3.63, 3.8) is 0 Å². The van der Waals surface area contributed by atoms with Crippen molar-refractivity contribution in [3.8, 4) is 5.75 Å². The number of benzene rings is 1. The lowest BCUT2D eigenvalue weighted by atomic mass is 9.62. The van der Waals surface area contributed by atoms with Gasteiger partial charge in [-0.25, -0.2) is 0 Å². The van der Waals surface area contributed by atoms with E-state index in [-0.39, 0.29) is 31.0 Å². The summed E-state index contributed by atoms with van der Waals surface area (Å²) in [7, 11) is 0. The van der Waals surface area contributed by atoms with E-state index in [0.29, 0.717) is 6.54 Å². The van der Waals surface area contributed by atoms with Gasteiger partial charge in [-0.05, 0) is 39.3 Å². The van der Waals surface area contributed by atoms with Crippen molar-refractivity contribution < 1.29 is 24.2 Å². The van der Waals surface area contributed by atoms with Crippen molar-refractivity contribution in [2.24, 2.45) is 5.41 Å². The summed E-state index contributed by atoms with van der Waals surface area (Å²) >= 11 is 0. The predicted octanol–water partition coefficient (Wildman–Crippen LogP) is 2.42. The van der Waals surface area contributed by atoms with Crippen LogP contribution in [0.3, 0.4) is 0 Å². The number of carboxylic acid groups (broad SMARTS) is 1. The second-order valence-corrected chi connectivity index (χ2v) is 8.23. The minimum Gasteiger partial charge on any atom is -0.488 e. The minimum absolute atomic E-state index is 0.110. The van der Waals surface area contributed by atoms with Crippen LogP contribution in [0.15, 0.2) is 18.2 Å². The van der Waals surface area contributed by atoms with Gasteiger partial charge >= 0.3 is 5.97 Å². The zero-order valence-corrected chi connectivity index (χ0v) is 15.1. The van der Waals surface area contributed by atoms with Crippen molar-refractivity contribution in [1.82, 2.24) is 5.32 Å². The van der Waals surface area contributed by atoms with E-state index < -0.39 is 17.0 Å². The van der Waals surface area contributed by atoms with E-state index >= 15 is 0 Å². The van der Waals surface area contributed by atoms with Gasteiger partial charge in [-0.1, -0.05) is 12.1 Å². The number of carboxylic acids is 1. The second-order valence-electron chi connectivity index (χ2n) is 8.23. The Balaban J connectivity index is 1.67. The number of ether oxygens (including phenoxy) is 2. The predicted molar refractivity (Wildman–Crippen MR) is 91.4 cm³/mol. The van der Waals surface area contributed by atoms with Gasteiger partial charge in [0.15, 0.2) is 0 Å². The molecular formula is C19H25NO5. The van der Waals surface area contributed by atoms with Crippen LogP contribution in [0.1, 0.15) is 44.7 Å². The van der Waals surface area contributed by atoms with Crippen LogP contribution >= 0.6 is 0 Å². The van der Waals surface area contributed by atoms with Gasteiger partial charge in [-0.2, -0.15) is 0 Å². The average Bonchev–Trinajstić information content (AvgIpc) is 3.02. The Bertz CT molecular complexity index is 713. The van der Waals surface area contributed by atoms with Crippen LogP contribution < -0.4 is 10.1 Å². The van der Waals surface area contributed by atoms with Crippen LogP contribution in [0.2, 0.25) is 0 Å². The van der Waals surface area contributed by atoms with Crippen LogP contribution in [0, 0.1) is 12.3 Å². The SMILES string of the molecule is Cc1ccc(CNC(=O)C23CC(C(=O)O)(CO2)C3)c(OC(C)(C)C)c1. The molecule has 136 valence electrons. The molecule has 1 saturated carbocycles. The number of fused-ring (bicyclic) bond motifs is 1. The van der Waals surface area contributed by atoms with Crippen LogP contribution in [0.4, 0.5) is 0 Å². The minimum atomic E-state index is -0.978. The second kappa shape index (κ2) is 5.73. The molecule has 1 amide bonds. The molecule has 0 spiro atoms. The van der Waals surface area contributed by atoms with E-state index in [2.05, 4.69) is 5.32 Å². The van der Waals surface area contributed by atoms with Crippen LogP contribution in [0.5, 0.6) is 5.75 Å². The number of amides is 1. The van der Waals surface area contributed by atoms with E-state index in [9.17, 15) is 14.7 Å². The number of hydrogen-bond acceptors (Lipinski definition) is 4. The normalized spacial score (nSPS) is 27.5. The van der Waals surface area contributed by atoms with Gasteiger partial charge in [-0.3, -0.25) is 9.59 Å². The zero-order chi connectivity index (χ0) is 18.5. The van der Waals surface area contributed by atoms with Gasteiger partial charge < -0.3 is 19.9 Å². The highest BCUT2D eigenvalue weighted by Gasteiger charge is 2.70. The number of carbonyl (C=O) groups excluding carboxylic acids is 1. The molecule has 1 aliphatic carbocycles. The summed E-state index contributed by atoms with van der Waals surface area (Å²) < 4.78 is 11.5. The molecule has 2 aliphatic heterocycles. The first-order valence-corrected chi connectivity index (χ1v) is 8.50. The molecule has 0 radical (unpaired) electrons. The van der Waals surface area contributed by atoms with E-state index in [1.807, 2.05) is 45.9 Å². The van der Waals surface area contributed by atoms with Gasteiger partial charge in [-0.15, -0.1) is 0 Å². The standard InChI is InChI=1S/C19H25NO5/c1-12-5-6-13(14(7-12)25-17(2,3)4)8-20-15(21)19-9-18(10-19,11-24-19)16(22)23/h5-7H,8-11H2,1-4H3,(H,20,21)(H,22,23). The summed E-state index contributed by atoms with van der Waals surface area (Å²) in [6, 6.07) is 5.86. The van der Waals surface area contributed by atoms with Crippen LogP contribution in [-0.4, -0.2) is 34.8 Å². The monoisotopic (exact) mass is 347 g/mol. The summed E-state index contributed by atoms with van der Waals surface area (Å²) in [6.45, 7) is 8.34. The molecule has 1 aromatic rings. The smallest absolute Gasteiger partial charge is 0.312 e. The van der Waals surface area contributed by atoms with E-state index in [0.717, 1.165) is 16.9 Å². The van der Waals surface area contributed by atoms with Crippen LogP contribution in [-0.2, 0) is 20.9 Å². The summed E-state index contributed by atoms with van der Waals surface area (Å²) in [6.07, 6.45) is 0.501. The number of aliphatic carboxylic acids is 1. The Kier molecular flexibility index (Phi) is 4.06. The highest BCUT2D eigenvalue weighted by Crippen LogP contribution is 2.58. The van der Waals surface area contributed by atoms with Crippen molar-refractivity contribution in [2.45, 2.75) is 58.3 Å². The molecule has 4 rings (SSSR count). The number of hydrogen-bond donors (Lipinski definition) is 2. The van der Waals surface area contributed by atoms with Crippen molar-refractivity contribution >= 4 is 11.9 Å². The molecule has 0 aromatic heterocycles. The molecule has 1 aromatic carbocycles. The molecule has 2 bridgehead atoms. The lowest BCUT2D eigenvalue weighted by Gasteiger charge is -2.40. The third-order valence-corrected chi connectivity index (χ3v) is 4.82. The Morgan fingerprint density at radius 2 is 2.00 bits per heavy atom. The maximum atomic E-state index is 12.5. The summed E-state index contributed by atoms with van der Waals surface area (Å²) in [5.41, 5.74) is -0.227. The fraction of sp³-hybridized carbons (Fsp3) is 0.579. The molecular weight excluding hydrogens is 322 g/mol. The zero-order valence-electron chi connectivity index (χ0n) is 15.1. The Morgan fingerprint density at radius 1 is 1.32 bits per heavy atom. The highest BCUT2D eigenvalue weighted by atomic mass is 16.5. The molecule has 25 heavy (non-hydrogen) atoms. The molecule has 0 unspecified atom stereocenters. The largest absolute Gasteiger partial charge is 0.488 e. The molecule has 6 nitrogen and oxygen atoms in total. The quantitative estimate of drug-likeness (QED) is 0.854. The number of carbonyl (C=O) groups is 2. The van der Waals surface area contributed by atoms with Crippen LogP contribution in [0.25, 0.3) is 0 Å². The fourth-order valence-corrected chi connectivity index (χ4v) is 3.53. The highest BCUT2D eigenvalue weighted by molar-refractivity contribution is 5.92. The molecule has 2 N–H and O–H groups in total. The molecule has 3 aliphatic rings. The fourth-order valence-electron chi connectivity index (χ4n) is 3.53. The Hall–Kier alpha value is -2.08. The Morgan fingerprint density at radius 3 is 2.56 bits per heavy atom. The summed E-state index contributed by atoms with van der Waals surface area (Å²) in [5, 5.41) is 12.1. The lowest BCUT2D eigenvalue weighted by Crippen LogP contribution is -2.57. The summed E-state index contributed by atoms with van der Waals surface area (Å²) in [5.74, 6) is -0.386. The van der Waals surface area contributed by atoms with Gasteiger partial charge in [0.1, 0.15) is 17.0 Å². The third kappa shape index (κ3) is 3.23. The molecule has 3 fully saturated rings. The molecule has 2 heterocycles. The number of aryl methyl sites for hydroxylation is 1. The first-order valence-electron chi connectivity index (χ1n) is 8.50. The molecule has 0 atom stereocenters. The first kappa shape index (κ1) is 17.7. The third-order valence-electron chi connectivity index (χ3n) is 4.82. The Labute approximate surface area is 147 Å². The number of rotatable bonds is 5. The topological polar surface area (TPSA) is 84.9 Å². The summed E-state index contributed by atoms with van der Waals surface area (Å²) in [4.78, 5) is 23.8.